The standard InChI is InChI=1S/C13H12N4/c1-8-6-15-13-11(8)12(16-7-17-13)9-3-2-4-10(14)5-9/h2-7H,14H2,1H3,(H,15,16,17). The lowest BCUT2D eigenvalue weighted by atomic mass is 10.1. The maximum absolute atomic E-state index is 5.80. The summed E-state index contributed by atoms with van der Waals surface area (Å²) in [4.78, 5) is 11.7. The molecule has 3 rings (SSSR count). The van der Waals surface area contributed by atoms with E-state index in [2.05, 4.69) is 15.0 Å². The van der Waals surface area contributed by atoms with Gasteiger partial charge in [-0.3, -0.25) is 0 Å². The van der Waals surface area contributed by atoms with Crippen LogP contribution < -0.4 is 5.73 Å². The molecule has 0 spiro atoms. The van der Waals surface area contributed by atoms with Gasteiger partial charge in [-0.25, -0.2) is 9.97 Å². The molecule has 3 aromatic rings. The van der Waals surface area contributed by atoms with Crippen molar-refractivity contribution in [3.8, 4) is 11.3 Å². The van der Waals surface area contributed by atoms with Gasteiger partial charge in [0.15, 0.2) is 0 Å². The molecule has 17 heavy (non-hydrogen) atoms. The first kappa shape index (κ1) is 9.84. The molecule has 1 aromatic carbocycles. The van der Waals surface area contributed by atoms with Crippen LogP contribution in [-0.4, -0.2) is 15.0 Å². The second kappa shape index (κ2) is 3.59. The average Bonchev–Trinajstić information content (AvgIpc) is 2.71. The van der Waals surface area contributed by atoms with Crippen LogP contribution in [0, 0.1) is 6.92 Å². The monoisotopic (exact) mass is 224 g/mol. The highest BCUT2D eigenvalue weighted by Gasteiger charge is 2.09. The van der Waals surface area contributed by atoms with Crippen molar-refractivity contribution in [1.82, 2.24) is 15.0 Å². The second-order valence-corrected chi connectivity index (χ2v) is 4.04. The summed E-state index contributed by atoms with van der Waals surface area (Å²) >= 11 is 0. The first-order valence-electron chi connectivity index (χ1n) is 5.40. The molecule has 0 saturated carbocycles. The van der Waals surface area contributed by atoms with Gasteiger partial charge in [-0.15, -0.1) is 0 Å². The summed E-state index contributed by atoms with van der Waals surface area (Å²) < 4.78 is 0. The summed E-state index contributed by atoms with van der Waals surface area (Å²) in [5.74, 6) is 0. The van der Waals surface area contributed by atoms with Crippen molar-refractivity contribution in [2.45, 2.75) is 6.92 Å². The fraction of sp³-hybridized carbons (Fsp3) is 0.0769. The first-order valence-corrected chi connectivity index (χ1v) is 5.40. The van der Waals surface area contributed by atoms with Crippen molar-refractivity contribution < 1.29 is 0 Å². The third-order valence-electron chi connectivity index (χ3n) is 2.83. The lowest BCUT2D eigenvalue weighted by Gasteiger charge is -2.04. The van der Waals surface area contributed by atoms with E-state index in [1.165, 1.54) is 0 Å². The Kier molecular flexibility index (Phi) is 2.08. The smallest absolute Gasteiger partial charge is 0.141 e. The molecule has 0 atom stereocenters. The molecule has 0 saturated heterocycles. The van der Waals surface area contributed by atoms with Gasteiger partial charge in [0, 0.05) is 22.8 Å². The fourth-order valence-electron chi connectivity index (χ4n) is 2.02. The highest BCUT2D eigenvalue weighted by atomic mass is 14.9. The molecule has 0 aliphatic rings. The second-order valence-electron chi connectivity index (χ2n) is 4.04. The van der Waals surface area contributed by atoms with Gasteiger partial charge in [0.1, 0.15) is 12.0 Å². The number of nitrogens with one attached hydrogen (secondary N) is 1. The Morgan fingerprint density at radius 3 is 2.94 bits per heavy atom. The van der Waals surface area contributed by atoms with E-state index < -0.39 is 0 Å². The Balaban J connectivity index is 2.33. The van der Waals surface area contributed by atoms with E-state index >= 15 is 0 Å². The van der Waals surface area contributed by atoms with Crippen LogP contribution in [0.1, 0.15) is 5.56 Å². The Labute approximate surface area is 98.5 Å². The van der Waals surface area contributed by atoms with E-state index in [9.17, 15) is 0 Å². The number of anilines is 1. The van der Waals surface area contributed by atoms with Crippen LogP contribution in [0.3, 0.4) is 0 Å². The summed E-state index contributed by atoms with van der Waals surface area (Å²) in [7, 11) is 0. The molecule has 0 fully saturated rings. The SMILES string of the molecule is Cc1c[nH]c2ncnc(-c3cccc(N)c3)c12. The quantitative estimate of drug-likeness (QED) is 0.624. The molecule has 2 aromatic heterocycles. The van der Waals surface area contributed by atoms with Crippen molar-refractivity contribution in [2.75, 3.05) is 5.73 Å². The third-order valence-corrected chi connectivity index (χ3v) is 2.83. The molecule has 0 aliphatic heterocycles. The van der Waals surface area contributed by atoms with Crippen LogP contribution in [0.4, 0.5) is 5.69 Å². The maximum Gasteiger partial charge on any atom is 0.141 e. The molecule has 0 bridgehead atoms. The van der Waals surface area contributed by atoms with Crippen LogP contribution in [0.15, 0.2) is 36.8 Å². The zero-order chi connectivity index (χ0) is 11.8. The van der Waals surface area contributed by atoms with E-state index in [0.717, 1.165) is 33.5 Å². The van der Waals surface area contributed by atoms with Crippen LogP contribution in [0.5, 0.6) is 0 Å². The summed E-state index contributed by atoms with van der Waals surface area (Å²) in [6, 6.07) is 7.73. The Morgan fingerprint density at radius 2 is 2.12 bits per heavy atom. The van der Waals surface area contributed by atoms with Crippen molar-refractivity contribution in [1.29, 1.82) is 0 Å². The minimum Gasteiger partial charge on any atom is -0.399 e. The predicted molar refractivity (Wildman–Crippen MR) is 68.5 cm³/mol. The minimum absolute atomic E-state index is 0.738. The molecule has 0 radical (unpaired) electrons. The number of hydrogen-bond donors (Lipinski definition) is 2. The highest BCUT2D eigenvalue weighted by Crippen LogP contribution is 2.28. The number of aromatic nitrogens is 3. The zero-order valence-electron chi connectivity index (χ0n) is 9.44. The number of aryl methyl sites for hydroxylation is 1. The van der Waals surface area contributed by atoms with Crippen molar-refractivity contribution in [2.24, 2.45) is 0 Å². The number of hydrogen-bond acceptors (Lipinski definition) is 3. The Bertz CT molecular complexity index is 685. The zero-order valence-corrected chi connectivity index (χ0v) is 9.44. The van der Waals surface area contributed by atoms with Gasteiger partial charge in [0.05, 0.1) is 5.69 Å². The Hall–Kier alpha value is -2.36. The lowest BCUT2D eigenvalue weighted by Crippen LogP contribution is -1.90. The number of nitrogens with zero attached hydrogens (tertiary/aromatic N) is 2. The van der Waals surface area contributed by atoms with Gasteiger partial charge in [0.25, 0.3) is 0 Å². The normalized spacial score (nSPS) is 10.9. The van der Waals surface area contributed by atoms with Crippen LogP contribution in [0.25, 0.3) is 22.3 Å². The van der Waals surface area contributed by atoms with E-state index in [1.807, 2.05) is 37.4 Å². The van der Waals surface area contributed by atoms with Gasteiger partial charge < -0.3 is 10.7 Å². The van der Waals surface area contributed by atoms with Gasteiger partial charge in [-0.2, -0.15) is 0 Å². The highest BCUT2D eigenvalue weighted by molar-refractivity contribution is 5.93. The molecule has 3 N–H and O–H groups in total. The minimum atomic E-state index is 0.738. The number of nitrogen functional groups attached to an aromatic ring is 1. The van der Waals surface area contributed by atoms with E-state index in [-0.39, 0.29) is 0 Å². The molecule has 2 heterocycles. The van der Waals surface area contributed by atoms with Crippen molar-refractivity contribution >= 4 is 16.7 Å². The van der Waals surface area contributed by atoms with Gasteiger partial charge in [-0.05, 0) is 24.6 Å². The Morgan fingerprint density at radius 1 is 1.24 bits per heavy atom. The first-order chi connectivity index (χ1) is 8.25. The molecule has 0 unspecified atom stereocenters. The maximum atomic E-state index is 5.80. The average molecular weight is 224 g/mol. The van der Waals surface area contributed by atoms with E-state index in [4.69, 9.17) is 5.73 Å². The van der Waals surface area contributed by atoms with Crippen LogP contribution in [0.2, 0.25) is 0 Å². The summed E-state index contributed by atoms with van der Waals surface area (Å²) in [6.07, 6.45) is 3.51. The number of benzene rings is 1. The van der Waals surface area contributed by atoms with Gasteiger partial charge in [-0.1, -0.05) is 12.1 Å². The summed E-state index contributed by atoms with van der Waals surface area (Å²) in [6.45, 7) is 2.04. The van der Waals surface area contributed by atoms with Gasteiger partial charge >= 0.3 is 0 Å². The lowest BCUT2D eigenvalue weighted by molar-refractivity contribution is 1.20. The van der Waals surface area contributed by atoms with Crippen molar-refractivity contribution in [3.63, 3.8) is 0 Å². The van der Waals surface area contributed by atoms with Crippen molar-refractivity contribution in [3.05, 3.63) is 42.4 Å². The molecule has 0 amide bonds. The van der Waals surface area contributed by atoms with Gasteiger partial charge in [0.2, 0.25) is 0 Å². The number of nitrogens with two attached hydrogens (primary N) is 1. The molecule has 4 nitrogen and oxygen atoms in total. The predicted octanol–water partition coefficient (Wildman–Crippen LogP) is 2.52. The molecule has 0 aliphatic carbocycles. The van der Waals surface area contributed by atoms with E-state index in [1.54, 1.807) is 6.33 Å². The summed E-state index contributed by atoms with van der Waals surface area (Å²) in [5.41, 5.74) is 10.5. The number of H-pyrrole nitrogens is 1. The summed E-state index contributed by atoms with van der Waals surface area (Å²) in [5, 5.41) is 1.05. The topological polar surface area (TPSA) is 67.6 Å². The number of fused-ring (bicyclic) bond motifs is 1. The van der Waals surface area contributed by atoms with E-state index in [0.29, 0.717) is 0 Å². The molecule has 84 valence electrons. The van der Waals surface area contributed by atoms with Crippen LogP contribution in [-0.2, 0) is 0 Å². The van der Waals surface area contributed by atoms with Crippen LogP contribution >= 0.6 is 0 Å². The third kappa shape index (κ3) is 1.54. The molecular formula is C13H12N4. The molecule has 4 heteroatoms. The number of aromatic amines is 1. The number of rotatable bonds is 1. The fourth-order valence-corrected chi connectivity index (χ4v) is 2.02. The molecular weight excluding hydrogens is 212 g/mol. The largest absolute Gasteiger partial charge is 0.399 e.